The van der Waals surface area contributed by atoms with Crippen LogP contribution in [0.25, 0.3) is 0 Å². The van der Waals surface area contributed by atoms with Gasteiger partial charge < -0.3 is 5.11 Å². The van der Waals surface area contributed by atoms with Gasteiger partial charge in [-0.25, -0.2) is 0 Å². The summed E-state index contributed by atoms with van der Waals surface area (Å²) >= 11 is 9.22. The molecule has 0 spiro atoms. The van der Waals surface area contributed by atoms with Gasteiger partial charge in [0, 0.05) is 4.75 Å². The van der Waals surface area contributed by atoms with Gasteiger partial charge in [0.1, 0.15) is 0 Å². The first-order valence-electron chi connectivity index (χ1n) is 4.29. The lowest BCUT2D eigenvalue weighted by molar-refractivity contribution is 0.191. The fraction of sp³-hybridized carbons (Fsp3) is 0.556. The number of hydrogen-bond acceptors (Lipinski definition) is 3. The second-order valence-corrected chi connectivity index (χ2v) is 6.84. The Kier molecular flexibility index (Phi) is 2.88. The van der Waals surface area contributed by atoms with Crippen LogP contribution in [-0.2, 0) is 0 Å². The SMILES string of the molecule is OCC1(Sc2ccc(Cl)s2)CCC1. The highest BCUT2D eigenvalue weighted by atomic mass is 35.5. The third-order valence-electron chi connectivity index (χ3n) is 2.42. The fourth-order valence-corrected chi connectivity index (χ4v) is 4.43. The van der Waals surface area contributed by atoms with Crippen LogP contribution in [0.2, 0.25) is 4.34 Å². The molecule has 1 aliphatic carbocycles. The van der Waals surface area contributed by atoms with E-state index in [4.69, 9.17) is 11.6 Å². The van der Waals surface area contributed by atoms with Crippen molar-refractivity contribution in [3.63, 3.8) is 0 Å². The molecule has 0 bridgehead atoms. The molecule has 0 unspecified atom stereocenters. The summed E-state index contributed by atoms with van der Waals surface area (Å²) in [5.74, 6) is 0. The first kappa shape index (κ1) is 9.84. The van der Waals surface area contributed by atoms with E-state index in [1.807, 2.05) is 12.1 Å². The Bertz CT molecular complexity index is 288. The van der Waals surface area contributed by atoms with Gasteiger partial charge in [-0.1, -0.05) is 18.0 Å². The lowest BCUT2D eigenvalue weighted by atomic mass is 9.85. The number of thioether (sulfide) groups is 1. The molecular formula is C9H11ClOS2. The molecule has 1 aliphatic rings. The number of halogens is 1. The summed E-state index contributed by atoms with van der Waals surface area (Å²) in [6, 6.07) is 3.95. The second kappa shape index (κ2) is 3.81. The molecule has 1 N–H and O–H groups in total. The average molecular weight is 235 g/mol. The van der Waals surface area contributed by atoms with Crippen LogP contribution >= 0.6 is 34.7 Å². The summed E-state index contributed by atoms with van der Waals surface area (Å²) in [5, 5.41) is 9.26. The molecule has 1 aromatic heterocycles. The summed E-state index contributed by atoms with van der Waals surface area (Å²) in [4.78, 5) is 0. The molecule has 13 heavy (non-hydrogen) atoms. The molecule has 0 atom stereocenters. The summed E-state index contributed by atoms with van der Waals surface area (Å²) in [5.41, 5.74) is 0. The van der Waals surface area contributed by atoms with E-state index in [0.29, 0.717) is 0 Å². The van der Waals surface area contributed by atoms with Crippen LogP contribution < -0.4 is 0 Å². The maximum absolute atomic E-state index is 9.26. The van der Waals surface area contributed by atoms with E-state index in [2.05, 4.69) is 0 Å². The molecule has 72 valence electrons. The van der Waals surface area contributed by atoms with Gasteiger partial charge in [-0.3, -0.25) is 0 Å². The Balaban J connectivity index is 2.04. The van der Waals surface area contributed by atoms with Crippen molar-refractivity contribution in [2.75, 3.05) is 6.61 Å². The van der Waals surface area contributed by atoms with Crippen LogP contribution in [0.3, 0.4) is 0 Å². The third-order valence-corrected chi connectivity index (χ3v) is 5.25. The predicted molar refractivity (Wildman–Crippen MR) is 58.9 cm³/mol. The van der Waals surface area contributed by atoms with Crippen LogP contribution in [0.15, 0.2) is 16.3 Å². The topological polar surface area (TPSA) is 20.2 Å². The minimum Gasteiger partial charge on any atom is -0.395 e. The molecule has 1 nitrogen and oxygen atoms in total. The molecule has 4 heteroatoms. The van der Waals surface area contributed by atoms with E-state index in [0.717, 1.165) is 17.2 Å². The van der Waals surface area contributed by atoms with Crippen molar-refractivity contribution in [1.29, 1.82) is 0 Å². The van der Waals surface area contributed by atoms with Crippen molar-refractivity contribution in [3.05, 3.63) is 16.5 Å². The summed E-state index contributed by atoms with van der Waals surface area (Å²) in [6.07, 6.45) is 3.50. The number of rotatable bonds is 3. The number of hydrogen-bond donors (Lipinski definition) is 1. The van der Waals surface area contributed by atoms with Crippen molar-refractivity contribution in [2.24, 2.45) is 0 Å². The minimum atomic E-state index is 0.105. The van der Waals surface area contributed by atoms with Gasteiger partial charge in [-0.15, -0.1) is 23.1 Å². The van der Waals surface area contributed by atoms with E-state index in [9.17, 15) is 5.11 Å². The van der Waals surface area contributed by atoms with Crippen LogP contribution in [0.4, 0.5) is 0 Å². The van der Waals surface area contributed by atoms with Crippen molar-refractivity contribution in [3.8, 4) is 0 Å². The van der Waals surface area contributed by atoms with Crippen molar-refractivity contribution >= 4 is 34.7 Å². The van der Waals surface area contributed by atoms with E-state index < -0.39 is 0 Å². The Labute approximate surface area is 91.1 Å². The smallest absolute Gasteiger partial charge is 0.0940 e. The van der Waals surface area contributed by atoms with Gasteiger partial charge in [0.2, 0.25) is 0 Å². The Morgan fingerprint density at radius 1 is 1.54 bits per heavy atom. The first-order valence-corrected chi connectivity index (χ1v) is 6.30. The maximum Gasteiger partial charge on any atom is 0.0940 e. The van der Waals surface area contributed by atoms with Gasteiger partial charge in [0.15, 0.2) is 0 Å². The normalized spacial score (nSPS) is 19.8. The van der Waals surface area contributed by atoms with E-state index >= 15 is 0 Å². The fourth-order valence-electron chi connectivity index (χ4n) is 1.43. The summed E-state index contributed by atoms with van der Waals surface area (Å²) in [6.45, 7) is 0.285. The average Bonchev–Trinajstić information content (AvgIpc) is 2.44. The molecule has 0 saturated heterocycles. The summed E-state index contributed by atoms with van der Waals surface area (Å²) < 4.78 is 2.16. The van der Waals surface area contributed by atoms with Crippen molar-refractivity contribution in [1.82, 2.24) is 0 Å². The van der Waals surface area contributed by atoms with Crippen molar-refractivity contribution < 1.29 is 5.11 Å². The minimum absolute atomic E-state index is 0.105. The van der Waals surface area contributed by atoms with Gasteiger partial charge >= 0.3 is 0 Å². The Morgan fingerprint density at radius 3 is 2.69 bits per heavy atom. The molecule has 0 aliphatic heterocycles. The molecule has 0 amide bonds. The molecule has 0 radical (unpaired) electrons. The van der Waals surface area contributed by atoms with E-state index in [1.54, 1.807) is 23.1 Å². The van der Waals surface area contributed by atoms with Crippen LogP contribution in [0.5, 0.6) is 0 Å². The van der Waals surface area contributed by atoms with Crippen molar-refractivity contribution in [2.45, 2.75) is 28.2 Å². The number of aliphatic hydroxyl groups excluding tert-OH is 1. The molecule has 1 aromatic rings. The van der Waals surface area contributed by atoms with Gasteiger partial charge in [-0.05, 0) is 25.0 Å². The highest BCUT2D eigenvalue weighted by molar-refractivity contribution is 8.02. The highest BCUT2D eigenvalue weighted by Gasteiger charge is 2.37. The van der Waals surface area contributed by atoms with E-state index in [-0.39, 0.29) is 11.4 Å². The third kappa shape index (κ3) is 2.04. The zero-order valence-electron chi connectivity index (χ0n) is 7.12. The molecule has 2 rings (SSSR count). The molecule has 1 saturated carbocycles. The maximum atomic E-state index is 9.26. The second-order valence-electron chi connectivity index (χ2n) is 3.36. The van der Waals surface area contributed by atoms with Gasteiger partial charge in [0.05, 0.1) is 15.2 Å². The van der Waals surface area contributed by atoms with Crippen LogP contribution in [0.1, 0.15) is 19.3 Å². The first-order chi connectivity index (χ1) is 6.24. The quantitative estimate of drug-likeness (QED) is 0.865. The van der Waals surface area contributed by atoms with E-state index in [1.165, 1.54) is 10.6 Å². The Hall–Kier alpha value is 0.300. The predicted octanol–water partition coefficient (Wildman–Crippen LogP) is 3.41. The highest BCUT2D eigenvalue weighted by Crippen LogP contribution is 2.49. The molecule has 1 heterocycles. The van der Waals surface area contributed by atoms with Gasteiger partial charge in [-0.2, -0.15) is 0 Å². The monoisotopic (exact) mass is 234 g/mol. The van der Waals surface area contributed by atoms with Crippen LogP contribution in [0, 0.1) is 0 Å². The zero-order chi connectivity index (χ0) is 9.31. The van der Waals surface area contributed by atoms with Crippen LogP contribution in [-0.4, -0.2) is 16.5 Å². The summed E-state index contributed by atoms with van der Waals surface area (Å²) in [7, 11) is 0. The Morgan fingerprint density at radius 2 is 2.31 bits per heavy atom. The zero-order valence-corrected chi connectivity index (χ0v) is 9.51. The molecular weight excluding hydrogens is 224 g/mol. The molecule has 1 fully saturated rings. The number of aliphatic hydroxyl groups is 1. The molecule has 0 aromatic carbocycles. The van der Waals surface area contributed by atoms with Gasteiger partial charge in [0.25, 0.3) is 0 Å². The number of thiophene rings is 1. The lowest BCUT2D eigenvalue weighted by Gasteiger charge is -2.39. The standard InChI is InChI=1S/C9H11ClOS2/c10-7-2-3-8(12-7)13-9(6-11)4-1-5-9/h2-3,11H,1,4-6H2. The lowest BCUT2D eigenvalue weighted by Crippen LogP contribution is -2.36. The largest absolute Gasteiger partial charge is 0.395 e.